The molecule has 0 fully saturated rings. The van der Waals surface area contributed by atoms with Gasteiger partial charge in [0, 0.05) is 0 Å². The molecule has 1 aromatic heterocycles. The maximum Gasteiger partial charge on any atom is 0.348 e. The van der Waals surface area contributed by atoms with Crippen LogP contribution in [0.4, 0.5) is 0 Å². The summed E-state index contributed by atoms with van der Waals surface area (Å²) in [6.07, 6.45) is 1.72. The average Bonchev–Trinajstić information content (AvgIpc) is 2.66. The van der Waals surface area contributed by atoms with Gasteiger partial charge in [-0.05, 0) is 18.6 Å². The van der Waals surface area contributed by atoms with E-state index in [0.717, 1.165) is 24.2 Å². The van der Waals surface area contributed by atoms with Crippen molar-refractivity contribution in [3.05, 3.63) is 17.0 Å². The molecule has 0 aromatic carbocycles. The van der Waals surface area contributed by atoms with Gasteiger partial charge in [0.05, 0.1) is 6.61 Å². The molecule has 7 heteroatoms. The molecule has 2 N–H and O–H groups in total. The quantitative estimate of drug-likeness (QED) is 0.641. The van der Waals surface area contributed by atoms with Crippen molar-refractivity contribution in [1.29, 1.82) is 0 Å². The van der Waals surface area contributed by atoms with Crippen molar-refractivity contribution < 1.29 is 17.9 Å². The van der Waals surface area contributed by atoms with Crippen molar-refractivity contribution in [2.75, 3.05) is 6.61 Å². The molecule has 0 saturated carbocycles. The van der Waals surface area contributed by atoms with Crippen molar-refractivity contribution in [2.24, 2.45) is 5.14 Å². The molecule has 0 aliphatic carbocycles. The first-order valence-corrected chi connectivity index (χ1v) is 7.11. The Morgan fingerprint density at radius 2 is 2.19 bits per heavy atom. The van der Waals surface area contributed by atoms with Gasteiger partial charge in [-0.3, -0.25) is 0 Å². The summed E-state index contributed by atoms with van der Waals surface area (Å²) < 4.78 is 26.8. The number of thiophene rings is 1. The van der Waals surface area contributed by atoms with E-state index in [9.17, 15) is 13.2 Å². The van der Waals surface area contributed by atoms with Gasteiger partial charge >= 0.3 is 5.97 Å². The van der Waals surface area contributed by atoms with Gasteiger partial charge in [0.2, 0.25) is 10.0 Å². The molecule has 0 spiro atoms. The molecule has 0 amide bonds. The summed E-state index contributed by atoms with van der Waals surface area (Å²) in [6.45, 7) is 2.33. The summed E-state index contributed by atoms with van der Waals surface area (Å²) in [5.74, 6) is -0.506. The van der Waals surface area contributed by atoms with Crippen LogP contribution in [-0.2, 0) is 14.8 Å². The fourth-order valence-corrected chi connectivity index (χ4v) is 2.59. The number of unbranched alkanes of at least 4 members (excludes halogenated alkanes) is 1. The summed E-state index contributed by atoms with van der Waals surface area (Å²) in [4.78, 5) is 11.7. The first-order chi connectivity index (χ1) is 7.45. The number of carbonyl (C=O) groups excluding carboxylic acids is 1. The molecule has 0 saturated heterocycles. The molecule has 1 heterocycles. The highest BCUT2D eigenvalue weighted by Gasteiger charge is 2.16. The highest BCUT2D eigenvalue weighted by Crippen LogP contribution is 2.20. The highest BCUT2D eigenvalue weighted by molar-refractivity contribution is 7.91. The fraction of sp³-hybridized carbons (Fsp3) is 0.444. The third kappa shape index (κ3) is 3.58. The van der Waals surface area contributed by atoms with Gasteiger partial charge in [-0.15, -0.1) is 11.3 Å². The number of primary sulfonamides is 1. The molecule has 1 aromatic rings. The van der Waals surface area contributed by atoms with Crippen molar-refractivity contribution in [2.45, 2.75) is 24.0 Å². The van der Waals surface area contributed by atoms with Gasteiger partial charge in [-0.1, -0.05) is 13.3 Å². The second-order valence-electron chi connectivity index (χ2n) is 3.15. The van der Waals surface area contributed by atoms with Gasteiger partial charge in [-0.2, -0.15) is 0 Å². The van der Waals surface area contributed by atoms with Crippen LogP contribution in [0.2, 0.25) is 0 Å². The number of nitrogens with two attached hydrogens (primary N) is 1. The predicted octanol–water partition coefficient (Wildman–Crippen LogP) is 1.35. The standard InChI is InChI=1S/C9H13NO4S2/c1-2-3-6-14-9(11)7-4-5-8(15-7)16(10,12)13/h4-5H,2-3,6H2,1H3,(H2,10,12,13). The topological polar surface area (TPSA) is 86.5 Å². The van der Waals surface area contributed by atoms with Crippen LogP contribution in [0.5, 0.6) is 0 Å². The van der Waals surface area contributed by atoms with E-state index in [1.165, 1.54) is 12.1 Å². The average molecular weight is 263 g/mol. The van der Waals surface area contributed by atoms with E-state index < -0.39 is 16.0 Å². The Kier molecular flexibility index (Phi) is 4.45. The summed E-state index contributed by atoms with van der Waals surface area (Å²) in [5, 5.41) is 4.92. The lowest BCUT2D eigenvalue weighted by Gasteiger charge is -2.00. The Bertz CT molecular complexity index is 464. The van der Waals surface area contributed by atoms with Crippen molar-refractivity contribution in [3.63, 3.8) is 0 Å². The minimum absolute atomic E-state index is 0.0325. The predicted molar refractivity (Wildman–Crippen MR) is 60.9 cm³/mol. The molecule has 90 valence electrons. The molecule has 0 aliphatic rings. The zero-order valence-corrected chi connectivity index (χ0v) is 10.4. The van der Waals surface area contributed by atoms with Crippen LogP contribution >= 0.6 is 11.3 Å². The van der Waals surface area contributed by atoms with Crippen molar-refractivity contribution in [1.82, 2.24) is 0 Å². The molecular weight excluding hydrogens is 250 g/mol. The summed E-state index contributed by atoms with van der Waals surface area (Å²) in [5.41, 5.74) is 0. The van der Waals surface area contributed by atoms with Gasteiger partial charge in [0.15, 0.2) is 0 Å². The summed E-state index contributed by atoms with van der Waals surface area (Å²) >= 11 is 0.818. The van der Waals surface area contributed by atoms with Crippen LogP contribution in [0.1, 0.15) is 29.4 Å². The van der Waals surface area contributed by atoms with Crippen LogP contribution in [0.25, 0.3) is 0 Å². The van der Waals surface area contributed by atoms with E-state index in [2.05, 4.69) is 0 Å². The minimum Gasteiger partial charge on any atom is -0.462 e. The lowest BCUT2D eigenvalue weighted by Crippen LogP contribution is -2.10. The smallest absolute Gasteiger partial charge is 0.348 e. The molecule has 0 unspecified atom stereocenters. The number of sulfonamides is 1. The molecular formula is C9H13NO4S2. The van der Waals surface area contributed by atoms with Gasteiger partial charge in [-0.25, -0.2) is 18.4 Å². The van der Waals surface area contributed by atoms with Crippen LogP contribution in [0, 0.1) is 0 Å². The first kappa shape index (κ1) is 13.1. The lowest BCUT2D eigenvalue weighted by molar-refractivity contribution is 0.0505. The number of ether oxygens (including phenoxy) is 1. The largest absolute Gasteiger partial charge is 0.462 e. The van der Waals surface area contributed by atoms with E-state index in [4.69, 9.17) is 9.88 Å². The van der Waals surface area contributed by atoms with Crippen LogP contribution in [0.15, 0.2) is 16.3 Å². The van der Waals surface area contributed by atoms with Gasteiger partial charge < -0.3 is 4.74 Å². The Morgan fingerprint density at radius 1 is 1.50 bits per heavy atom. The van der Waals surface area contributed by atoms with E-state index >= 15 is 0 Å². The van der Waals surface area contributed by atoms with Crippen molar-refractivity contribution >= 4 is 27.3 Å². The number of esters is 1. The van der Waals surface area contributed by atoms with Crippen LogP contribution < -0.4 is 5.14 Å². The monoisotopic (exact) mass is 263 g/mol. The molecule has 5 nitrogen and oxygen atoms in total. The number of carbonyl (C=O) groups is 1. The van der Waals surface area contributed by atoms with E-state index in [1.807, 2.05) is 6.92 Å². The SMILES string of the molecule is CCCCOC(=O)c1ccc(S(N)(=O)=O)s1. The van der Waals surface area contributed by atoms with Crippen LogP contribution in [-0.4, -0.2) is 21.0 Å². The maximum absolute atomic E-state index is 11.4. The Hall–Kier alpha value is -0.920. The molecule has 1 rings (SSSR count). The van der Waals surface area contributed by atoms with Crippen molar-refractivity contribution in [3.8, 4) is 0 Å². The molecule has 16 heavy (non-hydrogen) atoms. The Morgan fingerprint density at radius 3 is 2.69 bits per heavy atom. The second-order valence-corrected chi connectivity index (χ2v) is 6.03. The fourth-order valence-electron chi connectivity index (χ4n) is 0.963. The first-order valence-electron chi connectivity index (χ1n) is 4.75. The molecule has 0 atom stereocenters. The van der Waals surface area contributed by atoms with Gasteiger partial charge in [0.25, 0.3) is 0 Å². The van der Waals surface area contributed by atoms with Gasteiger partial charge in [0.1, 0.15) is 9.09 Å². The van der Waals surface area contributed by atoms with E-state index in [1.54, 1.807) is 0 Å². The zero-order chi connectivity index (χ0) is 12.2. The summed E-state index contributed by atoms with van der Waals surface area (Å²) in [7, 11) is -3.73. The number of rotatable bonds is 5. The van der Waals surface area contributed by atoms with E-state index in [-0.39, 0.29) is 9.09 Å². The highest BCUT2D eigenvalue weighted by atomic mass is 32.2. The Labute approximate surface area is 98.3 Å². The van der Waals surface area contributed by atoms with E-state index in [0.29, 0.717) is 6.61 Å². The Balaban J connectivity index is 2.68. The maximum atomic E-state index is 11.4. The third-order valence-corrected chi connectivity index (χ3v) is 4.30. The molecule has 0 radical (unpaired) electrons. The third-order valence-electron chi connectivity index (χ3n) is 1.79. The second kappa shape index (κ2) is 5.42. The zero-order valence-electron chi connectivity index (χ0n) is 8.80. The summed E-state index contributed by atoms with van der Waals surface area (Å²) in [6, 6.07) is 2.70. The van der Waals surface area contributed by atoms with Crippen LogP contribution in [0.3, 0.4) is 0 Å². The molecule has 0 aliphatic heterocycles. The minimum atomic E-state index is -3.73. The number of hydrogen-bond acceptors (Lipinski definition) is 5. The normalized spacial score (nSPS) is 11.4. The lowest BCUT2D eigenvalue weighted by atomic mass is 10.4. The molecule has 0 bridgehead atoms. The number of hydrogen-bond donors (Lipinski definition) is 1.